The SMILES string of the molecule is COC(c1ccccc1)c1ccc(C(=O)O)cc1. The Balaban J connectivity index is 2.31. The standard InChI is InChI=1S/C15H14O3/c1-18-14(11-5-3-2-4-6-11)12-7-9-13(10-8-12)15(16)17/h2-10,14H,1H3,(H,16,17). The third-order valence-electron chi connectivity index (χ3n) is 2.80. The molecule has 0 aliphatic rings. The van der Waals surface area contributed by atoms with Crippen LogP contribution in [0.1, 0.15) is 27.6 Å². The van der Waals surface area contributed by atoms with Crippen molar-refractivity contribution >= 4 is 5.97 Å². The molecular weight excluding hydrogens is 228 g/mol. The highest BCUT2D eigenvalue weighted by atomic mass is 16.5. The van der Waals surface area contributed by atoms with E-state index in [1.807, 2.05) is 30.3 Å². The molecule has 0 fully saturated rings. The number of benzene rings is 2. The first kappa shape index (κ1) is 12.3. The van der Waals surface area contributed by atoms with Gasteiger partial charge < -0.3 is 9.84 Å². The number of hydrogen-bond donors (Lipinski definition) is 1. The van der Waals surface area contributed by atoms with Gasteiger partial charge in [0.1, 0.15) is 6.10 Å². The summed E-state index contributed by atoms with van der Waals surface area (Å²) in [6.07, 6.45) is -0.172. The monoisotopic (exact) mass is 242 g/mol. The van der Waals surface area contributed by atoms with E-state index in [1.165, 1.54) is 0 Å². The normalized spacial score (nSPS) is 12.1. The molecule has 0 saturated heterocycles. The quantitative estimate of drug-likeness (QED) is 0.896. The molecule has 0 spiro atoms. The van der Waals surface area contributed by atoms with E-state index >= 15 is 0 Å². The number of methoxy groups -OCH3 is 1. The molecule has 18 heavy (non-hydrogen) atoms. The van der Waals surface area contributed by atoms with Crippen LogP contribution in [-0.2, 0) is 4.74 Å². The van der Waals surface area contributed by atoms with E-state index in [4.69, 9.17) is 9.84 Å². The van der Waals surface area contributed by atoms with Crippen molar-refractivity contribution in [2.75, 3.05) is 7.11 Å². The molecule has 92 valence electrons. The first-order chi connectivity index (χ1) is 8.72. The number of rotatable bonds is 4. The van der Waals surface area contributed by atoms with Crippen LogP contribution in [0.2, 0.25) is 0 Å². The minimum Gasteiger partial charge on any atom is -0.478 e. The smallest absolute Gasteiger partial charge is 0.335 e. The van der Waals surface area contributed by atoms with Gasteiger partial charge in [0.05, 0.1) is 5.56 Å². The maximum absolute atomic E-state index is 10.8. The molecule has 0 bridgehead atoms. The van der Waals surface area contributed by atoms with Gasteiger partial charge in [-0.1, -0.05) is 42.5 Å². The molecule has 1 atom stereocenters. The maximum atomic E-state index is 10.8. The van der Waals surface area contributed by atoms with Crippen molar-refractivity contribution in [2.45, 2.75) is 6.10 Å². The largest absolute Gasteiger partial charge is 0.478 e. The highest BCUT2D eigenvalue weighted by Gasteiger charge is 2.13. The third kappa shape index (κ3) is 2.57. The highest BCUT2D eigenvalue weighted by molar-refractivity contribution is 5.87. The average Bonchev–Trinajstić information content (AvgIpc) is 2.41. The van der Waals surface area contributed by atoms with Crippen LogP contribution in [0.3, 0.4) is 0 Å². The van der Waals surface area contributed by atoms with E-state index in [1.54, 1.807) is 31.4 Å². The van der Waals surface area contributed by atoms with E-state index in [-0.39, 0.29) is 11.7 Å². The lowest BCUT2D eigenvalue weighted by Gasteiger charge is -2.16. The lowest BCUT2D eigenvalue weighted by atomic mass is 10.0. The van der Waals surface area contributed by atoms with E-state index in [9.17, 15) is 4.79 Å². The van der Waals surface area contributed by atoms with Gasteiger partial charge >= 0.3 is 5.97 Å². The summed E-state index contributed by atoms with van der Waals surface area (Å²) < 4.78 is 5.48. The van der Waals surface area contributed by atoms with Crippen molar-refractivity contribution in [1.29, 1.82) is 0 Å². The zero-order valence-corrected chi connectivity index (χ0v) is 10.0. The van der Waals surface area contributed by atoms with Crippen molar-refractivity contribution in [2.24, 2.45) is 0 Å². The van der Waals surface area contributed by atoms with Gasteiger partial charge in [-0.05, 0) is 23.3 Å². The van der Waals surface area contributed by atoms with Crippen molar-refractivity contribution in [3.63, 3.8) is 0 Å². The molecule has 0 aliphatic carbocycles. The summed E-state index contributed by atoms with van der Waals surface area (Å²) in [5, 5.41) is 8.86. The van der Waals surface area contributed by atoms with Gasteiger partial charge in [-0.25, -0.2) is 4.79 Å². The fraction of sp³-hybridized carbons (Fsp3) is 0.133. The molecule has 2 aromatic rings. The predicted octanol–water partition coefficient (Wildman–Crippen LogP) is 3.12. The van der Waals surface area contributed by atoms with Gasteiger partial charge in [0.15, 0.2) is 0 Å². The second-order valence-electron chi connectivity index (χ2n) is 3.95. The van der Waals surface area contributed by atoms with Crippen molar-refractivity contribution in [3.8, 4) is 0 Å². The summed E-state index contributed by atoms with van der Waals surface area (Å²) in [7, 11) is 1.64. The number of ether oxygens (including phenoxy) is 1. The van der Waals surface area contributed by atoms with Crippen LogP contribution in [0.25, 0.3) is 0 Å². The molecule has 1 N–H and O–H groups in total. The molecule has 0 aliphatic heterocycles. The van der Waals surface area contributed by atoms with Gasteiger partial charge in [-0.15, -0.1) is 0 Å². The molecule has 0 saturated carbocycles. The Bertz CT molecular complexity index is 517. The van der Waals surface area contributed by atoms with Crippen molar-refractivity contribution in [1.82, 2.24) is 0 Å². The summed E-state index contributed by atoms with van der Waals surface area (Å²) in [6, 6.07) is 16.6. The molecule has 0 amide bonds. The molecule has 0 aromatic heterocycles. The number of carbonyl (C=O) groups is 1. The molecule has 0 radical (unpaired) electrons. The molecule has 3 nitrogen and oxygen atoms in total. The van der Waals surface area contributed by atoms with Crippen LogP contribution in [0, 0.1) is 0 Å². The number of hydrogen-bond acceptors (Lipinski definition) is 2. The van der Waals surface area contributed by atoms with E-state index < -0.39 is 5.97 Å². The van der Waals surface area contributed by atoms with Crippen molar-refractivity contribution < 1.29 is 14.6 Å². The second-order valence-corrected chi connectivity index (χ2v) is 3.95. The molecule has 1 unspecified atom stereocenters. The van der Waals surface area contributed by atoms with E-state index in [0.717, 1.165) is 11.1 Å². The van der Waals surface area contributed by atoms with E-state index in [2.05, 4.69) is 0 Å². The van der Waals surface area contributed by atoms with Crippen LogP contribution >= 0.6 is 0 Å². The Labute approximate surface area is 106 Å². The Morgan fingerprint density at radius 2 is 1.56 bits per heavy atom. The fourth-order valence-corrected chi connectivity index (χ4v) is 1.89. The van der Waals surface area contributed by atoms with Crippen LogP contribution < -0.4 is 0 Å². The van der Waals surface area contributed by atoms with Gasteiger partial charge in [0, 0.05) is 7.11 Å². The Morgan fingerprint density at radius 1 is 1.00 bits per heavy atom. The minimum absolute atomic E-state index is 0.172. The van der Waals surface area contributed by atoms with Gasteiger partial charge in [0.25, 0.3) is 0 Å². The van der Waals surface area contributed by atoms with Gasteiger partial charge in [-0.2, -0.15) is 0 Å². The Hall–Kier alpha value is -2.13. The summed E-state index contributed by atoms with van der Waals surface area (Å²) >= 11 is 0. The lowest BCUT2D eigenvalue weighted by Crippen LogP contribution is -2.04. The third-order valence-corrected chi connectivity index (χ3v) is 2.80. The first-order valence-electron chi connectivity index (χ1n) is 5.63. The molecule has 0 heterocycles. The Morgan fingerprint density at radius 3 is 2.06 bits per heavy atom. The predicted molar refractivity (Wildman–Crippen MR) is 68.7 cm³/mol. The fourth-order valence-electron chi connectivity index (χ4n) is 1.89. The average molecular weight is 242 g/mol. The zero-order chi connectivity index (χ0) is 13.0. The number of carboxylic acid groups (broad SMARTS) is 1. The zero-order valence-electron chi connectivity index (χ0n) is 10.0. The molecular formula is C15H14O3. The number of aromatic carboxylic acids is 1. The maximum Gasteiger partial charge on any atom is 0.335 e. The number of carboxylic acids is 1. The summed E-state index contributed by atoms with van der Waals surface area (Å²) in [6.45, 7) is 0. The first-order valence-corrected chi connectivity index (χ1v) is 5.63. The second kappa shape index (κ2) is 5.47. The Kier molecular flexibility index (Phi) is 3.75. The van der Waals surface area contributed by atoms with Crippen LogP contribution in [0.5, 0.6) is 0 Å². The summed E-state index contributed by atoms with van der Waals surface area (Å²) in [5.74, 6) is -0.921. The summed E-state index contributed by atoms with van der Waals surface area (Å²) in [5.41, 5.74) is 2.26. The summed E-state index contributed by atoms with van der Waals surface area (Å²) in [4.78, 5) is 10.8. The van der Waals surface area contributed by atoms with Crippen LogP contribution in [0.4, 0.5) is 0 Å². The molecule has 2 aromatic carbocycles. The topological polar surface area (TPSA) is 46.5 Å². The van der Waals surface area contributed by atoms with E-state index in [0.29, 0.717) is 0 Å². The lowest BCUT2D eigenvalue weighted by molar-refractivity contribution is 0.0696. The molecule has 2 rings (SSSR count). The highest BCUT2D eigenvalue weighted by Crippen LogP contribution is 2.25. The van der Waals surface area contributed by atoms with Crippen LogP contribution in [0.15, 0.2) is 54.6 Å². The minimum atomic E-state index is -0.921. The van der Waals surface area contributed by atoms with Crippen LogP contribution in [-0.4, -0.2) is 18.2 Å². The van der Waals surface area contributed by atoms with Crippen molar-refractivity contribution in [3.05, 3.63) is 71.3 Å². The molecule has 3 heteroatoms. The van der Waals surface area contributed by atoms with Gasteiger partial charge in [0.2, 0.25) is 0 Å². The van der Waals surface area contributed by atoms with Gasteiger partial charge in [-0.3, -0.25) is 0 Å².